The van der Waals surface area contributed by atoms with Crippen molar-refractivity contribution in [2.75, 3.05) is 39.3 Å². The number of amides is 1. The molecule has 0 aromatic carbocycles. The second-order valence-electron chi connectivity index (χ2n) is 6.00. The van der Waals surface area contributed by atoms with Gasteiger partial charge in [0.05, 0.1) is 11.6 Å². The van der Waals surface area contributed by atoms with E-state index in [1.807, 2.05) is 18.7 Å². The Morgan fingerprint density at radius 2 is 2.05 bits per heavy atom. The number of rotatable bonds is 4. The SMILES string of the molecule is CCC(C)(N)C(=O)N1CCN(CC2CCCO2)CC1. The Labute approximate surface area is 116 Å². The van der Waals surface area contributed by atoms with Crippen molar-refractivity contribution in [3.05, 3.63) is 0 Å². The van der Waals surface area contributed by atoms with Crippen LogP contribution in [0.2, 0.25) is 0 Å². The molecule has 2 aliphatic heterocycles. The van der Waals surface area contributed by atoms with Crippen molar-refractivity contribution < 1.29 is 9.53 Å². The fourth-order valence-electron chi connectivity index (χ4n) is 2.72. The first-order chi connectivity index (χ1) is 9.03. The van der Waals surface area contributed by atoms with Gasteiger partial charge < -0.3 is 15.4 Å². The first-order valence-corrected chi connectivity index (χ1v) is 7.45. The maximum atomic E-state index is 12.3. The molecule has 2 heterocycles. The molecule has 0 aromatic rings. The highest BCUT2D eigenvalue weighted by molar-refractivity contribution is 5.85. The molecule has 0 bridgehead atoms. The van der Waals surface area contributed by atoms with Gasteiger partial charge in [-0.25, -0.2) is 0 Å². The van der Waals surface area contributed by atoms with Crippen LogP contribution in [0.3, 0.4) is 0 Å². The molecule has 0 saturated carbocycles. The van der Waals surface area contributed by atoms with Gasteiger partial charge in [0.15, 0.2) is 0 Å². The van der Waals surface area contributed by atoms with Crippen molar-refractivity contribution in [1.82, 2.24) is 9.80 Å². The van der Waals surface area contributed by atoms with Crippen LogP contribution >= 0.6 is 0 Å². The number of hydrogen-bond acceptors (Lipinski definition) is 4. The number of nitrogens with two attached hydrogens (primary N) is 1. The number of nitrogens with zero attached hydrogens (tertiary/aromatic N) is 2. The molecule has 19 heavy (non-hydrogen) atoms. The van der Waals surface area contributed by atoms with Gasteiger partial charge in [0.1, 0.15) is 0 Å². The predicted molar refractivity (Wildman–Crippen MR) is 74.9 cm³/mol. The molecule has 2 fully saturated rings. The van der Waals surface area contributed by atoms with E-state index in [4.69, 9.17) is 10.5 Å². The number of ether oxygens (including phenoxy) is 1. The van der Waals surface area contributed by atoms with Crippen molar-refractivity contribution in [2.24, 2.45) is 5.73 Å². The number of carbonyl (C=O) groups excluding carboxylic acids is 1. The first-order valence-electron chi connectivity index (χ1n) is 7.45. The Hall–Kier alpha value is -0.650. The molecule has 2 aliphatic rings. The molecule has 2 saturated heterocycles. The Kier molecular flexibility index (Phi) is 4.81. The average molecular weight is 269 g/mol. The minimum atomic E-state index is -0.712. The molecule has 2 atom stereocenters. The third-order valence-electron chi connectivity index (χ3n) is 4.37. The summed E-state index contributed by atoms with van der Waals surface area (Å²) in [4.78, 5) is 16.6. The van der Waals surface area contributed by atoms with Gasteiger partial charge in [-0.05, 0) is 26.2 Å². The molecule has 2 unspecified atom stereocenters. The van der Waals surface area contributed by atoms with Crippen molar-refractivity contribution in [3.63, 3.8) is 0 Å². The second kappa shape index (κ2) is 6.20. The van der Waals surface area contributed by atoms with Crippen molar-refractivity contribution in [1.29, 1.82) is 0 Å². The van der Waals surface area contributed by atoms with Crippen molar-refractivity contribution >= 4 is 5.91 Å². The van der Waals surface area contributed by atoms with Crippen LogP contribution in [0.1, 0.15) is 33.1 Å². The van der Waals surface area contributed by atoms with Crippen LogP contribution < -0.4 is 5.73 Å². The van der Waals surface area contributed by atoms with Crippen LogP contribution in [0, 0.1) is 0 Å². The van der Waals surface area contributed by atoms with Gasteiger partial charge in [-0.1, -0.05) is 6.92 Å². The summed E-state index contributed by atoms with van der Waals surface area (Å²) in [6.45, 7) is 9.16. The van der Waals surface area contributed by atoms with Crippen molar-refractivity contribution in [2.45, 2.75) is 44.8 Å². The third kappa shape index (κ3) is 3.68. The lowest BCUT2D eigenvalue weighted by molar-refractivity contribution is -0.138. The highest BCUT2D eigenvalue weighted by Gasteiger charge is 2.33. The second-order valence-corrected chi connectivity index (χ2v) is 6.00. The maximum Gasteiger partial charge on any atom is 0.242 e. The topological polar surface area (TPSA) is 58.8 Å². The fourth-order valence-corrected chi connectivity index (χ4v) is 2.72. The van der Waals surface area contributed by atoms with Gasteiger partial charge in [-0.15, -0.1) is 0 Å². The van der Waals surface area contributed by atoms with Gasteiger partial charge in [-0.2, -0.15) is 0 Å². The zero-order valence-electron chi connectivity index (χ0n) is 12.2. The lowest BCUT2D eigenvalue weighted by Gasteiger charge is -2.38. The van der Waals surface area contributed by atoms with E-state index < -0.39 is 5.54 Å². The van der Waals surface area contributed by atoms with Crippen LogP contribution in [-0.4, -0.2) is 66.7 Å². The molecule has 110 valence electrons. The smallest absolute Gasteiger partial charge is 0.242 e. The lowest BCUT2D eigenvalue weighted by Crippen LogP contribution is -2.58. The molecule has 0 radical (unpaired) electrons. The molecule has 1 amide bonds. The zero-order valence-corrected chi connectivity index (χ0v) is 12.2. The summed E-state index contributed by atoms with van der Waals surface area (Å²) in [5.74, 6) is 0.0896. The van der Waals surface area contributed by atoms with E-state index in [0.717, 1.165) is 39.3 Å². The van der Waals surface area contributed by atoms with Gasteiger partial charge in [0.2, 0.25) is 5.91 Å². The predicted octanol–water partition coefficient (Wildman–Crippen LogP) is 0.437. The molecular weight excluding hydrogens is 242 g/mol. The van der Waals surface area contributed by atoms with E-state index in [-0.39, 0.29) is 5.91 Å². The molecular formula is C14H27N3O2. The van der Waals surface area contributed by atoms with E-state index in [0.29, 0.717) is 12.5 Å². The molecule has 2 N–H and O–H groups in total. The standard InChI is InChI=1S/C14H27N3O2/c1-3-14(2,15)13(18)17-8-6-16(7-9-17)11-12-5-4-10-19-12/h12H,3-11,15H2,1-2H3. The summed E-state index contributed by atoms with van der Waals surface area (Å²) in [6.07, 6.45) is 3.45. The molecule has 5 heteroatoms. The summed E-state index contributed by atoms with van der Waals surface area (Å²) in [5, 5.41) is 0. The van der Waals surface area contributed by atoms with Gasteiger partial charge in [0.25, 0.3) is 0 Å². The van der Waals surface area contributed by atoms with E-state index in [2.05, 4.69) is 4.90 Å². The van der Waals surface area contributed by atoms with E-state index in [9.17, 15) is 4.79 Å². The molecule has 0 spiro atoms. The summed E-state index contributed by atoms with van der Waals surface area (Å²) < 4.78 is 5.66. The number of piperazine rings is 1. The Morgan fingerprint density at radius 1 is 1.37 bits per heavy atom. The molecule has 0 aliphatic carbocycles. The number of hydrogen-bond donors (Lipinski definition) is 1. The Bertz CT molecular complexity index is 306. The van der Waals surface area contributed by atoms with E-state index in [1.54, 1.807) is 0 Å². The zero-order chi connectivity index (χ0) is 13.9. The van der Waals surface area contributed by atoms with Gasteiger partial charge in [-0.3, -0.25) is 9.69 Å². The Morgan fingerprint density at radius 3 is 2.58 bits per heavy atom. The van der Waals surface area contributed by atoms with Crippen LogP contribution in [0.5, 0.6) is 0 Å². The van der Waals surface area contributed by atoms with Crippen LogP contribution in [0.25, 0.3) is 0 Å². The van der Waals surface area contributed by atoms with Crippen molar-refractivity contribution in [3.8, 4) is 0 Å². The maximum absolute atomic E-state index is 12.3. The molecule has 0 aromatic heterocycles. The number of carbonyl (C=O) groups is 1. The summed E-state index contributed by atoms with van der Waals surface area (Å²) in [6, 6.07) is 0. The van der Waals surface area contributed by atoms with E-state index >= 15 is 0 Å². The minimum Gasteiger partial charge on any atom is -0.377 e. The monoisotopic (exact) mass is 269 g/mol. The summed E-state index contributed by atoms with van der Waals surface area (Å²) >= 11 is 0. The summed E-state index contributed by atoms with van der Waals surface area (Å²) in [5.41, 5.74) is 5.32. The Balaban J connectivity index is 1.77. The highest BCUT2D eigenvalue weighted by Crippen LogP contribution is 2.16. The quantitative estimate of drug-likeness (QED) is 0.804. The molecule has 5 nitrogen and oxygen atoms in total. The third-order valence-corrected chi connectivity index (χ3v) is 4.37. The average Bonchev–Trinajstić information content (AvgIpc) is 2.91. The van der Waals surface area contributed by atoms with Gasteiger partial charge in [0, 0.05) is 39.3 Å². The first kappa shape index (κ1) is 14.8. The van der Waals surface area contributed by atoms with Crippen LogP contribution in [0.15, 0.2) is 0 Å². The minimum absolute atomic E-state index is 0.0896. The van der Waals surface area contributed by atoms with E-state index in [1.165, 1.54) is 12.8 Å². The van der Waals surface area contributed by atoms with Crippen LogP contribution in [0.4, 0.5) is 0 Å². The normalized spacial score (nSPS) is 28.4. The largest absolute Gasteiger partial charge is 0.377 e. The molecule has 2 rings (SSSR count). The fraction of sp³-hybridized carbons (Fsp3) is 0.929. The highest BCUT2D eigenvalue weighted by atomic mass is 16.5. The summed E-state index contributed by atoms with van der Waals surface area (Å²) in [7, 11) is 0. The lowest BCUT2D eigenvalue weighted by atomic mass is 9.98. The van der Waals surface area contributed by atoms with Crippen LogP contribution in [-0.2, 0) is 9.53 Å². The van der Waals surface area contributed by atoms with Gasteiger partial charge >= 0.3 is 0 Å².